The van der Waals surface area contributed by atoms with E-state index >= 15 is 0 Å². The van der Waals surface area contributed by atoms with E-state index in [0.29, 0.717) is 4.75 Å². The second-order valence-electron chi connectivity index (χ2n) is 4.08. The van der Waals surface area contributed by atoms with E-state index in [0.717, 1.165) is 19.4 Å². The van der Waals surface area contributed by atoms with Crippen LogP contribution in [-0.2, 0) is 0 Å². The molecule has 0 aliphatic heterocycles. The van der Waals surface area contributed by atoms with E-state index < -0.39 is 0 Å². The van der Waals surface area contributed by atoms with Crippen molar-refractivity contribution in [2.75, 3.05) is 19.3 Å². The van der Waals surface area contributed by atoms with Crippen molar-refractivity contribution in [3.63, 3.8) is 0 Å². The first-order valence-electron chi connectivity index (χ1n) is 5.52. The average Bonchev–Trinajstić information content (AvgIpc) is 2.67. The summed E-state index contributed by atoms with van der Waals surface area (Å²) in [6.45, 7) is 2.24. The molecule has 0 aromatic heterocycles. The largest absolute Gasteiger partial charge is 0.315 e. The molecule has 0 spiro atoms. The lowest BCUT2D eigenvalue weighted by atomic mass is 10.1. The number of unbranched alkanes of at least 4 members (excludes halogenated alkanes) is 1. The number of nitrogens with one attached hydrogen (secondary N) is 1. The van der Waals surface area contributed by atoms with Gasteiger partial charge in [0.1, 0.15) is 0 Å². The fraction of sp³-hybridized carbons (Fsp3) is 0.833. The van der Waals surface area contributed by atoms with Crippen LogP contribution >= 0.6 is 11.8 Å². The van der Waals surface area contributed by atoms with Gasteiger partial charge < -0.3 is 5.32 Å². The molecular weight excluding hydrogens is 190 g/mol. The molecule has 1 aliphatic carbocycles. The Kier molecular flexibility index (Phi) is 5.44. The first kappa shape index (κ1) is 11.9. The van der Waals surface area contributed by atoms with Crippen LogP contribution in [0, 0.1) is 12.3 Å². The molecule has 0 aromatic carbocycles. The third-order valence-electron chi connectivity index (χ3n) is 3.07. The fourth-order valence-corrected chi connectivity index (χ4v) is 3.05. The second kappa shape index (κ2) is 6.37. The number of hydrogen-bond acceptors (Lipinski definition) is 2. The van der Waals surface area contributed by atoms with Crippen LogP contribution in [0.2, 0.25) is 0 Å². The highest BCUT2D eigenvalue weighted by Crippen LogP contribution is 2.39. The maximum Gasteiger partial charge on any atom is 0.0281 e. The number of hydrogen-bond donors (Lipinski definition) is 1. The summed E-state index contributed by atoms with van der Waals surface area (Å²) in [6, 6.07) is 0. The lowest BCUT2D eigenvalue weighted by Crippen LogP contribution is -2.35. The summed E-state index contributed by atoms with van der Waals surface area (Å²) in [5.74, 6) is 2.67. The van der Waals surface area contributed by atoms with Crippen molar-refractivity contribution in [1.82, 2.24) is 5.32 Å². The van der Waals surface area contributed by atoms with Crippen molar-refractivity contribution in [3.05, 3.63) is 0 Å². The summed E-state index contributed by atoms with van der Waals surface area (Å²) in [7, 11) is 0. The maximum absolute atomic E-state index is 5.20. The molecule has 1 rings (SSSR count). The van der Waals surface area contributed by atoms with Crippen LogP contribution < -0.4 is 5.32 Å². The van der Waals surface area contributed by atoms with Gasteiger partial charge in [0, 0.05) is 17.7 Å². The van der Waals surface area contributed by atoms with Gasteiger partial charge in [-0.15, -0.1) is 12.3 Å². The molecule has 0 unspecified atom stereocenters. The molecule has 0 amide bonds. The van der Waals surface area contributed by atoms with E-state index in [4.69, 9.17) is 6.42 Å². The van der Waals surface area contributed by atoms with Gasteiger partial charge in [0.05, 0.1) is 0 Å². The molecule has 0 heterocycles. The highest BCUT2D eigenvalue weighted by Gasteiger charge is 2.32. The van der Waals surface area contributed by atoms with E-state index in [9.17, 15) is 0 Å². The van der Waals surface area contributed by atoms with Crippen LogP contribution in [0.4, 0.5) is 0 Å². The normalized spacial score (nSPS) is 19.4. The van der Waals surface area contributed by atoms with E-state index in [1.807, 2.05) is 11.8 Å². The van der Waals surface area contributed by atoms with E-state index in [1.54, 1.807) is 0 Å². The molecule has 14 heavy (non-hydrogen) atoms. The minimum absolute atomic E-state index is 0.538. The van der Waals surface area contributed by atoms with Crippen molar-refractivity contribution >= 4 is 11.8 Å². The predicted molar refractivity (Wildman–Crippen MR) is 65.7 cm³/mol. The van der Waals surface area contributed by atoms with Gasteiger partial charge in [0.2, 0.25) is 0 Å². The molecule has 1 aliphatic rings. The Morgan fingerprint density at radius 2 is 2.14 bits per heavy atom. The van der Waals surface area contributed by atoms with Crippen molar-refractivity contribution in [1.29, 1.82) is 0 Å². The zero-order chi connectivity index (χ0) is 10.3. The van der Waals surface area contributed by atoms with Gasteiger partial charge in [-0.05, 0) is 32.1 Å². The highest BCUT2D eigenvalue weighted by atomic mass is 32.2. The Hall–Kier alpha value is -0.130. The quantitative estimate of drug-likeness (QED) is 0.535. The van der Waals surface area contributed by atoms with Crippen LogP contribution in [0.25, 0.3) is 0 Å². The summed E-state index contributed by atoms with van der Waals surface area (Å²) in [5, 5.41) is 3.54. The van der Waals surface area contributed by atoms with Crippen LogP contribution in [0.1, 0.15) is 38.5 Å². The minimum Gasteiger partial charge on any atom is -0.315 e. The highest BCUT2D eigenvalue weighted by molar-refractivity contribution is 8.00. The third-order valence-corrected chi connectivity index (χ3v) is 4.49. The lowest BCUT2D eigenvalue weighted by molar-refractivity contribution is 0.529. The Morgan fingerprint density at radius 1 is 1.43 bits per heavy atom. The van der Waals surface area contributed by atoms with Gasteiger partial charge in [-0.2, -0.15) is 11.8 Å². The minimum atomic E-state index is 0.538. The van der Waals surface area contributed by atoms with Crippen molar-refractivity contribution in [2.45, 2.75) is 43.3 Å². The Balaban J connectivity index is 2.12. The van der Waals surface area contributed by atoms with Gasteiger partial charge in [-0.1, -0.05) is 12.8 Å². The summed E-state index contributed by atoms with van der Waals surface area (Å²) in [6.07, 6.45) is 15.1. The van der Waals surface area contributed by atoms with Crippen molar-refractivity contribution < 1.29 is 0 Å². The van der Waals surface area contributed by atoms with Crippen molar-refractivity contribution in [3.8, 4) is 12.3 Å². The molecule has 0 atom stereocenters. The standard InChI is InChI=1S/C12H21NS/c1-3-4-7-10-13-11-12(14-2)8-5-6-9-12/h1,13H,4-11H2,2H3. The molecule has 0 aromatic rings. The molecule has 1 N–H and O–H groups in total. The maximum atomic E-state index is 5.20. The molecule has 2 heteroatoms. The van der Waals surface area contributed by atoms with Crippen LogP contribution in [-0.4, -0.2) is 24.1 Å². The molecular formula is C12H21NS. The Labute approximate surface area is 92.4 Å². The summed E-state index contributed by atoms with van der Waals surface area (Å²) < 4.78 is 0.538. The zero-order valence-electron chi connectivity index (χ0n) is 9.14. The first-order chi connectivity index (χ1) is 6.83. The van der Waals surface area contributed by atoms with Gasteiger partial charge in [-0.3, -0.25) is 0 Å². The molecule has 0 saturated heterocycles. The lowest BCUT2D eigenvalue weighted by Gasteiger charge is -2.27. The molecule has 1 fully saturated rings. The number of thioether (sulfide) groups is 1. The van der Waals surface area contributed by atoms with Crippen LogP contribution in [0.15, 0.2) is 0 Å². The molecule has 0 bridgehead atoms. The SMILES string of the molecule is C#CCCCNCC1(SC)CCCC1. The van der Waals surface area contributed by atoms with E-state index in [-0.39, 0.29) is 0 Å². The fourth-order valence-electron chi connectivity index (χ4n) is 2.10. The second-order valence-corrected chi connectivity index (χ2v) is 5.35. The van der Waals surface area contributed by atoms with Gasteiger partial charge in [-0.25, -0.2) is 0 Å². The Morgan fingerprint density at radius 3 is 2.71 bits per heavy atom. The third kappa shape index (κ3) is 3.55. The molecule has 0 radical (unpaired) electrons. The zero-order valence-corrected chi connectivity index (χ0v) is 9.96. The van der Waals surface area contributed by atoms with E-state index in [2.05, 4.69) is 17.5 Å². The van der Waals surface area contributed by atoms with E-state index in [1.165, 1.54) is 32.2 Å². The number of rotatable bonds is 6. The summed E-state index contributed by atoms with van der Waals surface area (Å²) in [5.41, 5.74) is 0. The number of terminal acetylenes is 1. The monoisotopic (exact) mass is 211 g/mol. The molecule has 1 saturated carbocycles. The predicted octanol–water partition coefficient (Wildman–Crippen LogP) is 2.67. The van der Waals surface area contributed by atoms with Crippen LogP contribution in [0.5, 0.6) is 0 Å². The summed E-state index contributed by atoms with van der Waals surface area (Å²) in [4.78, 5) is 0. The average molecular weight is 211 g/mol. The smallest absolute Gasteiger partial charge is 0.0281 e. The van der Waals surface area contributed by atoms with Crippen molar-refractivity contribution in [2.24, 2.45) is 0 Å². The first-order valence-corrected chi connectivity index (χ1v) is 6.75. The Bertz CT molecular complexity index is 189. The molecule has 80 valence electrons. The van der Waals surface area contributed by atoms with Crippen LogP contribution in [0.3, 0.4) is 0 Å². The molecule has 1 nitrogen and oxygen atoms in total. The summed E-state index contributed by atoms with van der Waals surface area (Å²) >= 11 is 2.04. The van der Waals surface area contributed by atoms with Gasteiger partial charge in [0.25, 0.3) is 0 Å². The topological polar surface area (TPSA) is 12.0 Å². The van der Waals surface area contributed by atoms with Gasteiger partial charge >= 0.3 is 0 Å². The van der Waals surface area contributed by atoms with Gasteiger partial charge in [0.15, 0.2) is 0 Å².